The summed E-state index contributed by atoms with van der Waals surface area (Å²) in [7, 11) is 1.69. The summed E-state index contributed by atoms with van der Waals surface area (Å²) in [6.45, 7) is 0. The summed E-state index contributed by atoms with van der Waals surface area (Å²) >= 11 is 0. The maximum absolute atomic E-state index is 5.13. The third-order valence-corrected chi connectivity index (χ3v) is 2.87. The number of benzene rings is 2. The van der Waals surface area contributed by atoms with Gasteiger partial charge in [0.2, 0.25) is 0 Å². The third kappa shape index (κ3) is 3.77. The van der Waals surface area contributed by atoms with Gasteiger partial charge in [0, 0.05) is 0 Å². The lowest BCUT2D eigenvalue weighted by molar-refractivity contribution is 0.415. The summed E-state index contributed by atoms with van der Waals surface area (Å²) in [5.41, 5.74) is 2.60. The number of aryl methyl sites for hydroxylation is 1. The summed E-state index contributed by atoms with van der Waals surface area (Å²) < 4.78 is 5.13. The Morgan fingerprint density at radius 1 is 0.944 bits per heavy atom. The second-order valence-electron chi connectivity index (χ2n) is 4.20. The topological polar surface area (TPSA) is 9.23 Å². The Kier molecular flexibility index (Phi) is 4.60. The highest BCUT2D eigenvalue weighted by molar-refractivity contribution is 5.50. The molecule has 0 spiro atoms. The molecule has 0 amide bonds. The summed E-state index contributed by atoms with van der Waals surface area (Å²) in [5.74, 6) is 0.899. The van der Waals surface area contributed by atoms with Gasteiger partial charge in [0.25, 0.3) is 0 Å². The minimum absolute atomic E-state index is 0.899. The van der Waals surface area contributed by atoms with Crippen LogP contribution in [0.5, 0.6) is 5.75 Å². The molecule has 0 unspecified atom stereocenters. The van der Waals surface area contributed by atoms with E-state index in [0.29, 0.717) is 0 Å². The van der Waals surface area contributed by atoms with Gasteiger partial charge in [0.05, 0.1) is 7.11 Å². The molecule has 2 rings (SSSR count). The van der Waals surface area contributed by atoms with Crippen LogP contribution in [0.2, 0.25) is 0 Å². The van der Waals surface area contributed by atoms with Crippen LogP contribution in [-0.2, 0) is 6.42 Å². The summed E-state index contributed by atoms with van der Waals surface area (Å²) in [4.78, 5) is 0. The van der Waals surface area contributed by atoms with E-state index in [9.17, 15) is 0 Å². The van der Waals surface area contributed by atoms with Crippen molar-refractivity contribution in [3.05, 3.63) is 71.8 Å². The SMILES string of the molecule is COc1ccc(/C=C\CCc2ccccc2)cc1. The molecule has 0 saturated carbocycles. The maximum atomic E-state index is 5.13. The number of hydrogen-bond donors (Lipinski definition) is 0. The van der Waals surface area contributed by atoms with E-state index in [1.54, 1.807) is 7.11 Å². The van der Waals surface area contributed by atoms with E-state index in [1.807, 2.05) is 12.1 Å². The van der Waals surface area contributed by atoms with Crippen molar-refractivity contribution in [1.29, 1.82) is 0 Å². The van der Waals surface area contributed by atoms with Gasteiger partial charge in [-0.1, -0.05) is 54.6 Å². The zero-order chi connectivity index (χ0) is 12.6. The molecule has 2 aromatic carbocycles. The van der Waals surface area contributed by atoms with Gasteiger partial charge in [0.15, 0.2) is 0 Å². The van der Waals surface area contributed by atoms with E-state index < -0.39 is 0 Å². The van der Waals surface area contributed by atoms with Crippen molar-refractivity contribution in [3.8, 4) is 5.75 Å². The third-order valence-electron chi connectivity index (χ3n) is 2.87. The van der Waals surface area contributed by atoms with E-state index >= 15 is 0 Å². The Morgan fingerprint density at radius 3 is 2.33 bits per heavy atom. The second kappa shape index (κ2) is 6.65. The van der Waals surface area contributed by atoms with Gasteiger partial charge < -0.3 is 4.74 Å². The number of ether oxygens (including phenoxy) is 1. The molecular weight excluding hydrogens is 220 g/mol. The van der Waals surface area contributed by atoms with Crippen LogP contribution in [0.15, 0.2) is 60.7 Å². The molecule has 0 aliphatic carbocycles. The monoisotopic (exact) mass is 238 g/mol. The molecular formula is C17H18O. The maximum Gasteiger partial charge on any atom is 0.118 e. The first-order valence-corrected chi connectivity index (χ1v) is 6.23. The number of rotatable bonds is 5. The molecule has 92 valence electrons. The Bertz CT molecular complexity index is 483. The predicted molar refractivity (Wildman–Crippen MR) is 76.8 cm³/mol. The minimum Gasteiger partial charge on any atom is -0.497 e. The molecule has 0 radical (unpaired) electrons. The Hall–Kier alpha value is -2.02. The molecule has 0 bridgehead atoms. The van der Waals surface area contributed by atoms with E-state index in [1.165, 1.54) is 11.1 Å². The smallest absolute Gasteiger partial charge is 0.118 e. The van der Waals surface area contributed by atoms with Gasteiger partial charge in [-0.2, -0.15) is 0 Å². The van der Waals surface area contributed by atoms with E-state index in [0.717, 1.165) is 18.6 Å². The molecule has 0 aliphatic heterocycles. The van der Waals surface area contributed by atoms with Crippen molar-refractivity contribution in [3.63, 3.8) is 0 Å². The lowest BCUT2D eigenvalue weighted by Crippen LogP contribution is -1.82. The molecule has 1 heteroatoms. The van der Waals surface area contributed by atoms with Crippen LogP contribution in [0, 0.1) is 0 Å². The van der Waals surface area contributed by atoms with Gasteiger partial charge in [-0.05, 0) is 36.1 Å². The molecule has 2 aromatic rings. The molecule has 0 aliphatic rings. The van der Waals surface area contributed by atoms with Crippen LogP contribution in [0.4, 0.5) is 0 Å². The predicted octanol–water partition coefficient (Wildman–Crippen LogP) is 4.34. The molecule has 0 N–H and O–H groups in total. The molecule has 0 saturated heterocycles. The largest absolute Gasteiger partial charge is 0.497 e. The lowest BCUT2D eigenvalue weighted by Gasteiger charge is -1.99. The summed E-state index contributed by atoms with van der Waals surface area (Å²) in [6, 6.07) is 18.7. The van der Waals surface area contributed by atoms with Crippen molar-refractivity contribution < 1.29 is 4.74 Å². The fourth-order valence-corrected chi connectivity index (χ4v) is 1.83. The molecule has 0 heterocycles. The minimum atomic E-state index is 0.899. The van der Waals surface area contributed by atoms with Crippen molar-refractivity contribution in [2.75, 3.05) is 7.11 Å². The second-order valence-corrected chi connectivity index (χ2v) is 4.20. The van der Waals surface area contributed by atoms with Crippen LogP contribution in [-0.4, -0.2) is 7.11 Å². The highest BCUT2D eigenvalue weighted by Crippen LogP contribution is 2.13. The van der Waals surface area contributed by atoms with E-state index in [4.69, 9.17) is 4.74 Å². The molecule has 0 fully saturated rings. The molecule has 18 heavy (non-hydrogen) atoms. The number of allylic oxidation sites excluding steroid dienone is 1. The van der Waals surface area contributed by atoms with Crippen LogP contribution in [0.3, 0.4) is 0 Å². The van der Waals surface area contributed by atoms with Crippen molar-refractivity contribution in [2.24, 2.45) is 0 Å². The molecule has 0 aromatic heterocycles. The fraction of sp³-hybridized carbons (Fsp3) is 0.176. The highest BCUT2D eigenvalue weighted by atomic mass is 16.5. The Morgan fingerprint density at radius 2 is 1.67 bits per heavy atom. The lowest BCUT2D eigenvalue weighted by atomic mass is 10.1. The van der Waals surface area contributed by atoms with Gasteiger partial charge in [-0.15, -0.1) is 0 Å². The van der Waals surface area contributed by atoms with Crippen LogP contribution < -0.4 is 4.74 Å². The van der Waals surface area contributed by atoms with Gasteiger partial charge in [0.1, 0.15) is 5.75 Å². The standard InChI is InChI=1S/C17H18O/c1-18-17-13-11-16(12-14-17)10-6-5-9-15-7-3-2-4-8-15/h2-4,6-8,10-14H,5,9H2,1H3/b10-6-. The summed E-state index contributed by atoms with van der Waals surface area (Å²) in [6.07, 6.45) is 6.53. The average Bonchev–Trinajstić information content (AvgIpc) is 2.45. The van der Waals surface area contributed by atoms with Crippen molar-refractivity contribution >= 4 is 6.08 Å². The Labute approximate surface area is 109 Å². The first kappa shape index (κ1) is 12.4. The van der Waals surface area contributed by atoms with Crippen molar-refractivity contribution in [2.45, 2.75) is 12.8 Å². The van der Waals surface area contributed by atoms with Crippen LogP contribution in [0.1, 0.15) is 17.5 Å². The van der Waals surface area contributed by atoms with E-state index in [2.05, 4.69) is 54.6 Å². The van der Waals surface area contributed by atoms with Crippen molar-refractivity contribution in [1.82, 2.24) is 0 Å². The van der Waals surface area contributed by atoms with Gasteiger partial charge in [-0.3, -0.25) is 0 Å². The average molecular weight is 238 g/mol. The first-order valence-electron chi connectivity index (χ1n) is 6.23. The Balaban J connectivity index is 1.84. The molecule has 1 nitrogen and oxygen atoms in total. The number of methoxy groups -OCH3 is 1. The van der Waals surface area contributed by atoms with Crippen LogP contribution in [0.25, 0.3) is 6.08 Å². The zero-order valence-corrected chi connectivity index (χ0v) is 10.7. The highest BCUT2D eigenvalue weighted by Gasteiger charge is 1.91. The first-order chi connectivity index (χ1) is 8.88. The zero-order valence-electron chi connectivity index (χ0n) is 10.7. The van der Waals surface area contributed by atoms with Gasteiger partial charge >= 0.3 is 0 Å². The number of hydrogen-bond acceptors (Lipinski definition) is 1. The normalized spacial score (nSPS) is 10.7. The van der Waals surface area contributed by atoms with Crippen LogP contribution >= 0.6 is 0 Å². The van der Waals surface area contributed by atoms with E-state index in [-0.39, 0.29) is 0 Å². The quantitative estimate of drug-likeness (QED) is 0.753. The fourth-order valence-electron chi connectivity index (χ4n) is 1.83. The summed E-state index contributed by atoms with van der Waals surface area (Å²) in [5, 5.41) is 0. The van der Waals surface area contributed by atoms with Gasteiger partial charge in [-0.25, -0.2) is 0 Å². The molecule has 0 atom stereocenters.